The number of rotatable bonds is 5. The number of benzene rings is 4. The highest BCUT2D eigenvalue weighted by Crippen LogP contribution is 2.56. The van der Waals surface area contributed by atoms with E-state index in [2.05, 4.69) is 134 Å². The highest BCUT2D eigenvalue weighted by atomic mass is 28.3. The largest absolute Gasteiger partial charge is 0.496 e. The average molecular weight is 555 g/mol. The Morgan fingerprint density at radius 3 is 1.78 bits per heavy atom. The van der Waals surface area contributed by atoms with Gasteiger partial charge < -0.3 is 4.74 Å². The molecule has 2 heteroatoms. The van der Waals surface area contributed by atoms with Crippen molar-refractivity contribution in [2.75, 3.05) is 7.11 Å². The van der Waals surface area contributed by atoms with E-state index in [-0.39, 0.29) is 0 Å². The molecule has 0 heterocycles. The molecular formula is C39H42OSi. The van der Waals surface area contributed by atoms with Crippen LogP contribution in [-0.2, 0) is 0 Å². The molecule has 0 amide bonds. The molecule has 4 aromatic carbocycles. The van der Waals surface area contributed by atoms with Gasteiger partial charge in [0.2, 0.25) is 0 Å². The lowest BCUT2D eigenvalue weighted by molar-refractivity contribution is 0.413. The zero-order valence-electron chi connectivity index (χ0n) is 26.1. The van der Waals surface area contributed by atoms with E-state index in [1.165, 1.54) is 77.9 Å². The second-order valence-corrected chi connectivity index (χ2v) is 17.9. The van der Waals surface area contributed by atoms with Crippen LogP contribution in [0.5, 0.6) is 5.75 Å². The van der Waals surface area contributed by atoms with E-state index in [1.807, 2.05) is 7.11 Å². The summed E-state index contributed by atoms with van der Waals surface area (Å²) in [5.41, 5.74) is 20.1. The quantitative estimate of drug-likeness (QED) is 0.223. The average Bonchev–Trinajstić information content (AvgIpc) is 3.42. The van der Waals surface area contributed by atoms with E-state index < -0.39 is 8.07 Å². The summed E-state index contributed by atoms with van der Waals surface area (Å²) in [6.45, 7) is 18.9. The molecule has 4 aromatic rings. The summed E-state index contributed by atoms with van der Waals surface area (Å²) >= 11 is 0. The summed E-state index contributed by atoms with van der Waals surface area (Å²) < 4.78 is 6.03. The number of fused-ring (bicyclic) bond motifs is 2. The Kier molecular flexibility index (Phi) is 6.74. The highest BCUT2D eigenvalue weighted by Gasteiger charge is 2.47. The molecule has 6 rings (SSSR count). The van der Waals surface area contributed by atoms with E-state index in [9.17, 15) is 0 Å². The number of hydrogen-bond donors (Lipinski definition) is 0. The first kappa shape index (κ1) is 27.5. The van der Waals surface area contributed by atoms with Gasteiger partial charge in [-0.25, -0.2) is 0 Å². The molecule has 0 N–H and O–H groups in total. The van der Waals surface area contributed by atoms with Gasteiger partial charge in [-0.05, 0) is 86.1 Å². The zero-order valence-corrected chi connectivity index (χ0v) is 27.1. The Labute approximate surface area is 247 Å². The van der Waals surface area contributed by atoms with Crippen LogP contribution in [0.25, 0.3) is 34.4 Å². The molecule has 2 unspecified atom stereocenters. The van der Waals surface area contributed by atoms with Crippen molar-refractivity contribution in [1.82, 2.24) is 0 Å². The Hall–Kier alpha value is -3.62. The van der Waals surface area contributed by atoms with Crippen LogP contribution in [0.3, 0.4) is 0 Å². The number of ether oxygens (including phenoxy) is 1. The smallest absolute Gasteiger partial charge is 0.130 e. The fraction of sp³-hybridized carbons (Fsp3) is 0.282. The van der Waals surface area contributed by atoms with Crippen LogP contribution >= 0.6 is 0 Å². The number of methoxy groups -OCH3 is 1. The van der Waals surface area contributed by atoms with Crippen LogP contribution in [0.15, 0.2) is 77.9 Å². The van der Waals surface area contributed by atoms with Crippen LogP contribution in [-0.4, -0.2) is 15.2 Å². The Morgan fingerprint density at radius 1 is 0.610 bits per heavy atom. The van der Waals surface area contributed by atoms with Crippen LogP contribution in [0.2, 0.25) is 13.1 Å². The summed E-state index contributed by atoms with van der Waals surface area (Å²) in [5.74, 6) is 0.995. The van der Waals surface area contributed by atoms with Crippen molar-refractivity contribution >= 4 is 20.2 Å². The fourth-order valence-corrected chi connectivity index (χ4v) is 13.2. The monoisotopic (exact) mass is 554 g/mol. The van der Waals surface area contributed by atoms with E-state index in [4.69, 9.17) is 4.74 Å². The van der Waals surface area contributed by atoms with Gasteiger partial charge in [-0.1, -0.05) is 120 Å². The maximum absolute atomic E-state index is 6.03. The molecule has 0 spiro atoms. The lowest BCUT2D eigenvalue weighted by Crippen LogP contribution is -2.42. The van der Waals surface area contributed by atoms with E-state index in [0.29, 0.717) is 11.1 Å². The number of hydrogen-bond acceptors (Lipinski definition) is 1. The van der Waals surface area contributed by atoms with Crippen LogP contribution < -0.4 is 4.74 Å². The topological polar surface area (TPSA) is 9.23 Å². The minimum Gasteiger partial charge on any atom is -0.496 e. The molecular weight excluding hydrogens is 513 g/mol. The lowest BCUT2D eigenvalue weighted by Gasteiger charge is -2.39. The van der Waals surface area contributed by atoms with Crippen molar-refractivity contribution in [2.45, 2.75) is 65.7 Å². The molecule has 0 bridgehead atoms. The van der Waals surface area contributed by atoms with Gasteiger partial charge in [-0.2, -0.15) is 0 Å². The van der Waals surface area contributed by atoms with E-state index in [1.54, 1.807) is 0 Å². The fourth-order valence-electron chi connectivity index (χ4n) is 8.24. The number of allylic oxidation sites excluding steroid dienone is 2. The Morgan fingerprint density at radius 2 is 1.17 bits per heavy atom. The highest BCUT2D eigenvalue weighted by molar-refractivity contribution is 6.81. The standard InChI is InChI=1S/C39H42OSi/c1-23-15-24(2)17-30(16-23)31-18-25(3)19-34-32(31)21-27(5)38(34)41(8,9)39-28(6)22-33-35(39)20-26(4)37(40-7)36(33)29-13-11-10-12-14-29/h10-22,38-39H,1-9H3. The first-order valence-electron chi connectivity index (χ1n) is 14.9. The minimum absolute atomic E-state index is 0.439. The molecule has 0 aliphatic heterocycles. The molecule has 2 aliphatic rings. The predicted octanol–water partition coefficient (Wildman–Crippen LogP) is 10.8. The molecule has 41 heavy (non-hydrogen) atoms. The van der Waals surface area contributed by atoms with Crippen molar-refractivity contribution in [3.63, 3.8) is 0 Å². The molecule has 0 radical (unpaired) electrons. The molecule has 208 valence electrons. The van der Waals surface area contributed by atoms with Crippen molar-refractivity contribution in [3.05, 3.63) is 122 Å². The maximum atomic E-state index is 6.03. The SMILES string of the molecule is COc1c(C)cc2c(c1-c1ccccc1)C=C(C)C2[Si](C)(C)C1C(C)=Cc2c(-c3cc(C)cc(C)c3)cc(C)cc21. The molecule has 0 aromatic heterocycles. The molecule has 2 atom stereocenters. The summed E-state index contributed by atoms with van der Waals surface area (Å²) in [5, 5.41) is 0. The summed E-state index contributed by atoms with van der Waals surface area (Å²) in [4.78, 5) is 0. The lowest BCUT2D eigenvalue weighted by atomic mass is 9.93. The molecule has 1 nitrogen and oxygen atoms in total. The molecule has 0 saturated heterocycles. The van der Waals surface area contributed by atoms with Crippen molar-refractivity contribution < 1.29 is 4.74 Å². The second-order valence-electron chi connectivity index (χ2n) is 13.1. The zero-order chi connectivity index (χ0) is 29.2. The van der Waals surface area contributed by atoms with Gasteiger partial charge >= 0.3 is 0 Å². The van der Waals surface area contributed by atoms with E-state index >= 15 is 0 Å². The van der Waals surface area contributed by atoms with Gasteiger partial charge in [0.05, 0.1) is 15.2 Å². The second kappa shape index (κ2) is 10.0. The van der Waals surface area contributed by atoms with E-state index in [0.717, 1.165) is 5.75 Å². The summed E-state index contributed by atoms with van der Waals surface area (Å²) in [6, 6.07) is 25.1. The van der Waals surface area contributed by atoms with Crippen LogP contribution in [0.4, 0.5) is 0 Å². The van der Waals surface area contributed by atoms with Gasteiger partial charge in [-0.3, -0.25) is 0 Å². The van der Waals surface area contributed by atoms with Gasteiger partial charge in [0.25, 0.3) is 0 Å². The van der Waals surface area contributed by atoms with Crippen LogP contribution in [0, 0.1) is 27.7 Å². The molecule has 0 saturated carbocycles. The number of aryl methyl sites for hydroxylation is 4. The predicted molar refractivity (Wildman–Crippen MR) is 180 cm³/mol. The summed E-state index contributed by atoms with van der Waals surface area (Å²) in [6.07, 6.45) is 4.97. The third-order valence-corrected chi connectivity index (χ3v) is 14.0. The molecule has 0 fully saturated rings. The Balaban J connectivity index is 1.52. The minimum atomic E-state index is -1.99. The first-order valence-corrected chi connectivity index (χ1v) is 18.0. The first-order chi connectivity index (χ1) is 19.5. The van der Waals surface area contributed by atoms with Crippen LogP contribution in [0.1, 0.15) is 69.4 Å². The van der Waals surface area contributed by atoms with Gasteiger partial charge in [0, 0.05) is 16.6 Å². The third kappa shape index (κ3) is 4.44. The Bertz CT molecular complexity index is 1730. The van der Waals surface area contributed by atoms with Crippen molar-refractivity contribution in [1.29, 1.82) is 0 Å². The molecule has 2 aliphatic carbocycles. The van der Waals surface area contributed by atoms with Crippen molar-refractivity contribution in [3.8, 4) is 28.0 Å². The van der Waals surface area contributed by atoms with Gasteiger partial charge in [-0.15, -0.1) is 0 Å². The third-order valence-electron chi connectivity index (χ3n) is 9.46. The normalized spacial score (nSPS) is 17.7. The van der Waals surface area contributed by atoms with Crippen molar-refractivity contribution in [2.24, 2.45) is 0 Å². The summed E-state index contributed by atoms with van der Waals surface area (Å²) in [7, 11) is -0.179. The maximum Gasteiger partial charge on any atom is 0.130 e. The van der Waals surface area contributed by atoms with Gasteiger partial charge in [0.1, 0.15) is 5.75 Å². The van der Waals surface area contributed by atoms with Gasteiger partial charge in [0.15, 0.2) is 0 Å².